The van der Waals surface area contributed by atoms with Crippen LogP contribution in [0.4, 0.5) is 0 Å². The molecule has 0 aliphatic carbocycles. The zero-order valence-corrected chi connectivity index (χ0v) is 12.0. The van der Waals surface area contributed by atoms with Gasteiger partial charge in [-0.25, -0.2) is 0 Å². The van der Waals surface area contributed by atoms with Crippen LogP contribution in [0.1, 0.15) is 71.1 Å². The smallest absolute Gasteiger partial charge is 0.220 e. The highest BCUT2D eigenvalue weighted by Gasteiger charge is 2.16. The lowest BCUT2D eigenvalue weighted by Crippen LogP contribution is -2.45. The highest BCUT2D eigenvalue weighted by molar-refractivity contribution is 5.76. The third-order valence-electron chi connectivity index (χ3n) is 3.73. The molecule has 0 spiro atoms. The van der Waals surface area contributed by atoms with Gasteiger partial charge in [-0.2, -0.15) is 0 Å². The molecule has 0 bridgehead atoms. The van der Waals surface area contributed by atoms with Crippen molar-refractivity contribution < 1.29 is 4.79 Å². The monoisotopic (exact) mass is 254 g/mol. The second-order valence-electron chi connectivity index (χ2n) is 5.47. The fourth-order valence-electron chi connectivity index (χ4n) is 2.47. The number of carbonyl (C=O) groups excluding carboxylic acids is 1. The number of nitrogens with one attached hydrogen (secondary N) is 2. The highest BCUT2D eigenvalue weighted by Crippen LogP contribution is 2.08. The largest absolute Gasteiger partial charge is 0.355 e. The lowest BCUT2D eigenvalue weighted by Gasteiger charge is -2.23. The van der Waals surface area contributed by atoms with Gasteiger partial charge in [0.15, 0.2) is 0 Å². The molecule has 1 aliphatic heterocycles. The molecule has 3 heteroatoms. The molecule has 3 nitrogen and oxygen atoms in total. The quantitative estimate of drug-likeness (QED) is 0.588. The molecule has 1 unspecified atom stereocenters. The van der Waals surface area contributed by atoms with E-state index in [4.69, 9.17) is 0 Å². The van der Waals surface area contributed by atoms with E-state index in [0.717, 1.165) is 19.5 Å². The third-order valence-corrected chi connectivity index (χ3v) is 3.73. The fraction of sp³-hybridized carbons (Fsp3) is 0.933. The summed E-state index contributed by atoms with van der Waals surface area (Å²) >= 11 is 0. The Hall–Kier alpha value is -0.570. The van der Waals surface area contributed by atoms with Crippen LogP contribution in [-0.4, -0.2) is 25.0 Å². The Kier molecular flexibility index (Phi) is 8.92. The molecule has 0 aromatic carbocycles. The Balaban J connectivity index is 1.80. The second-order valence-corrected chi connectivity index (χ2v) is 5.47. The molecule has 2 N–H and O–H groups in total. The summed E-state index contributed by atoms with van der Waals surface area (Å²) in [6.07, 6.45) is 12.7. The number of hydrogen-bond acceptors (Lipinski definition) is 2. The number of unbranched alkanes of at least 4 members (excludes halogenated alkanes) is 7. The maximum absolute atomic E-state index is 11.0. The molecule has 18 heavy (non-hydrogen) atoms. The van der Waals surface area contributed by atoms with Gasteiger partial charge in [-0.15, -0.1) is 0 Å². The SMILES string of the molecule is CCCCCCCCCCNC1CCC(=O)NC1. The number of piperidine rings is 1. The molecular weight excluding hydrogens is 224 g/mol. The maximum Gasteiger partial charge on any atom is 0.220 e. The first kappa shape index (κ1) is 15.5. The van der Waals surface area contributed by atoms with E-state index >= 15 is 0 Å². The van der Waals surface area contributed by atoms with Crippen LogP contribution in [0.5, 0.6) is 0 Å². The first-order valence-electron chi connectivity index (χ1n) is 7.83. The van der Waals surface area contributed by atoms with E-state index in [9.17, 15) is 4.79 Å². The summed E-state index contributed by atoms with van der Waals surface area (Å²) in [5.41, 5.74) is 0. The molecule has 0 radical (unpaired) electrons. The third kappa shape index (κ3) is 7.70. The Morgan fingerprint density at radius 1 is 1.11 bits per heavy atom. The topological polar surface area (TPSA) is 41.1 Å². The second kappa shape index (κ2) is 10.4. The lowest BCUT2D eigenvalue weighted by molar-refractivity contribution is -0.122. The van der Waals surface area contributed by atoms with Crippen molar-refractivity contribution in [3.8, 4) is 0 Å². The summed E-state index contributed by atoms with van der Waals surface area (Å²) in [6, 6.07) is 0.507. The summed E-state index contributed by atoms with van der Waals surface area (Å²) in [7, 11) is 0. The molecule has 0 saturated carbocycles. The van der Waals surface area contributed by atoms with E-state index in [-0.39, 0.29) is 5.91 Å². The van der Waals surface area contributed by atoms with Gasteiger partial charge >= 0.3 is 0 Å². The molecular formula is C15H30N2O. The number of amides is 1. The van der Waals surface area contributed by atoms with E-state index in [2.05, 4.69) is 17.6 Å². The average Bonchev–Trinajstić information content (AvgIpc) is 2.39. The predicted octanol–water partition coefficient (Wildman–Crippen LogP) is 3.00. The van der Waals surface area contributed by atoms with Gasteiger partial charge in [0.05, 0.1) is 0 Å². The Labute approximate surface area is 112 Å². The van der Waals surface area contributed by atoms with Crippen LogP contribution >= 0.6 is 0 Å². The molecule has 1 aliphatic rings. The maximum atomic E-state index is 11.0. The predicted molar refractivity (Wildman–Crippen MR) is 76.6 cm³/mol. The van der Waals surface area contributed by atoms with E-state index in [1.807, 2.05) is 0 Å². The van der Waals surface area contributed by atoms with E-state index in [0.29, 0.717) is 12.5 Å². The number of rotatable bonds is 10. The minimum absolute atomic E-state index is 0.208. The van der Waals surface area contributed by atoms with E-state index in [1.54, 1.807) is 0 Å². The lowest BCUT2D eigenvalue weighted by atomic mass is 10.1. The van der Waals surface area contributed by atoms with Crippen LogP contribution in [-0.2, 0) is 4.79 Å². The Bertz CT molecular complexity index is 209. The molecule has 1 heterocycles. The summed E-state index contributed by atoms with van der Waals surface area (Å²) < 4.78 is 0. The van der Waals surface area contributed by atoms with Gasteiger partial charge in [-0.05, 0) is 19.4 Å². The first-order valence-corrected chi connectivity index (χ1v) is 7.83. The fourth-order valence-corrected chi connectivity index (χ4v) is 2.47. The number of hydrogen-bond donors (Lipinski definition) is 2. The molecule has 1 rings (SSSR count). The standard InChI is InChI=1S/C15H30N2O/c1-2-3-4-5-6-7-8-9-12-16-14-10-11-15(18)17-13-14/h14,16H,2-13H2,1H3,(H,17,18). The Morgan fingerprint density at radius 3 is 2.39 bits per heavy atom. The van der Waals surface area contributed by atoms with Crippen molar-refractivity contribution in [2.24, 2.45) is 0 Å². The van der Waals surface area contributed by atoms with Gasteiger partial charge < -0.3 is 10.6 Å². The first-order chi connectivity index (χ1) is 8.83. The van der Waals surface area contributed by atoms with Crippen molar-refractivity contribution in [2.75, 3.05) is 13.1 Å². The summed E-state index contributed by atoms with van der Waals surface area (Å²) in [5.74, 6) is 0.208. The van der Waals surface area contributed by atoms with Crippen LogP contribution < -0.4 is 10.6 Å². The van der Waals surface area contributed by atoms with Crippen LogP contribution in [0, 0.1) is 0 Å². The molecule has 0 aromatic rings. The van der Waals surface area contributed by atoms with Crippen LogP contribution in [0.25, 0.3) is 0 Å². The average molecular weight is 254 g/mol. The van der Waals surface area contributed by atoms with Crippen molar-refractivity contribution in [2.45, 2.75) is 77.2 Å². The van der Waals surface area contributed by atoms with Gasteiger partial charge in [-0.3, -0.25) is 4.79 Å². The minimum Gasteiger partial charge on any atom is -0.355 e. The summed E-state index contributed by atoms with van der Waals surface area (Å²) in [5, 5.41) is 6.45. The summed E-state index contributed by atoms with van der Waals surface area (Å²) in [4.78, 5) is 11.0. The van der Waals surface area contributed by atoms with Crippen molar-refractivity contribution in [3.63, 3.8) is 0 Å². The van der Waals surface area contributed by atoms with Crippen LogP contribution in [0.2, 0.25) is 0 Å². The van der Waals surface area contributed by atoms with Crippen molar-refractivity contribution in [1.29, 1.82) is 0 Å². The van der Waals surface area contributed by atoms with Gasteiger partial charge in [0.2, 0.25) is 5.91 Å². The minimum atomic E-state index is 0.208. The molecule has 0 aromatic heterocycles. The van der Waals surface area contributed by atoms with Crippen molar-refractivity contribution in [3.05, 3.63) is 0 Å². The molecule has 106 valence electrons. The normalized spacial score (nSPS) is 19.8. The van der Waals surface area contributed by atoms with Gasteiger partial charge in [-0.1, -0.05) is 51.9 Å². The molecule has 1 fully saturated rings. The number of carbonyl (C=O) groups is 1. The van der Waals surface area contributed by atoms with Gasteiger partial charge in [0.25, 0.3) is 0 Å². The van der Waals surface area contributed by atoms with Crippen LogP contribution in [0.3, 0.4) is 0 Å². The highest BCUT2D eigenvalue weighted by atomic mass is 16.1. The zero-order valence-electron chi connectivity index (χ0n) is 12.0. The van der Waals surface area contributed by atoms with Crippen molar-refractivity contribution in [1.82, 2.24) is 10.6 Å². The van der Waals surface area contributed by atoms with E-state index < -0.39 is 0 Å². The molecule has 1 atom stereocenters. The van der Waals surface area contributed by atoms with E-state index in [1.165, 1.54) is 51.4 Å². The van der Waals surface area contributed by atoms with Gasteiger partial charge in [0, 0.05) is 19.0 Å². The zero-order chi connectivity index (χ0) is 13.1. The van der Waals surface area contributed by atoms with Crippen molar-refractivity contribution >= 4 is 5.91 Å². The molecule has 1 amide bonds. The Morgan fingerprint density at radius 2 is 1.78 bits per heavy atom. The summed E-state index contributed by atoms with van der Waals surface area (Å²) in [6.45, 7) is 4.19. The van der Waals surface area contributed by atoms with Gasteiger partial charge in [0.1, 0.15) is 0 Å². The molecule has 1 saturated heterocycles. The van der Waals surface area contributed by atoms with Crippen LogP contribution in [0.15, 0.2) is 0 Å².